The van der Waals surface area contributed by atoms with Gasteiger partial charge < -0.3 is 14.6 Å². The number of aromatic nitrogens is 3. The normalized spacial score (nSPS) is 11.7. The van der Waals surface area contributed by atoms with Gasteiger partial charge in [0, 0.05) is 32.4 Å². The number of carbonyl (C=O) groups is 2. The van der Waals surface area contributed by atoms with Crippen molar-refractivity contribution in [1.29, 1.82) is 0 Å². The van der Waals surface area contributed by atoms with Crippen molar-refractivity contribution in [2.24, 2.45) is 0 Å². The Hall–Kier alpha value is -2.88. The third-order valence-electron chi connectivity index (χ3n) is 4.75. The van der Waals surface area contributed by atoms with Gasteiger partial charge in [0.2, 0.25) is 5.91 Å². The average molecular weight is 488 g/mol. The van der Waals surface area contributed by atoms with Gasteiger partial charge in [-0.05, 0) is 31.0 Å². The number of rotatable bonds is 10. The Kier molecular flexibility index (Phi) is 9.29. The molecule has 1 atom stereocenters. The highest BCUT2D eigenvalue weighted by Gasteiger charge is 2.22. The Bertz CT molecular complexity index is 1080. The Balaban J connectivity index is 1.66. The van der Waals surface area contributed by atoms with Crippen LogP contribution in [0.4, 0.5) is 4.79 Å². The maximum absolute atomic E-state index is 12.6. The summed E-state index contributed by atoms with van der Waals surface area (Å²) >= 11 is 7.60. The van der Waals surface area contributed by atoms with E-state index in [0.717, 1.165) is 17.5 Å². The molecule has 0 aliphatic rings. The zero-order valence-electron chi connectivity index (χ0n) is 18.5. The summed E-state index contributed by atoms with van der Waals surface area (Å²) in [6.07, 6.45) is 0.738. The zero-order valence-corrected chi connectivity index (χ0v) is 20.0. The van der Waals surface area contributed by atoms with E-state index >= 15 is 0 Å². The number of imide groups is 1. The van der Waals surface area contributed by atoms with Crippen LogP contribution in [-0.4, -0.2) is 45.7 Å². The van der Waals surface area contributed by atoms with E-state index in [1.165, 1.54) is 11.8 Å². The number of thioether (sulfide) groups is 1. The van der Waals surface area contributed by atoms with E-state index in [1.54, 1.807) is 20.1 Å². The van der Waals surface area contributed by atoms with Crippen molar-refractivity contribution in [2.75, 3.05) is 13.7 Å². The molecule has 174 valence electrons. The van der Waals surface area contributed by atoms with E-state index < -0.39 is 17.2 Å². The molecule has 0 saturated heterocycles. The number of carbonyl (C=O) groups excluding carboxylic acids is 2. The van der Waals surface area contributed by atoms with Crippen LogP contribution in [0.1, 0.15) is 18.9 Å². The third kappa shape index (κ3) is 7.05. The summed E-state index contributed by atoms with van der Waals surface area (Å²) in [5, 5.41) is 14.2. The minimum Gasteiger partial charge on any atom is -0.385 e. The maximum atomic E-state index is 12.6. The summed E-state index contributed by atoms with van der Waals surface area (Å²) in [7, 11) is 1.64. The van der Waals surface area contributed by atoms with E-state index in [1.807, 2.05) is 53.1 Å². The summed E-state index contributed by atoms with van der Waals surface area (Å²) in [6.45, 7) is 3.21. The number of hydrogen-bond acceptors (Lipinski definition) is 6. The maximum Gasteiger partial charge on any atom is 0.321 e. The molecule has 0 aliphatic heterocycles. The highest BCUT2D eigenvalue weighted by molar-refractivity contribution is 8.00. The van der Waals surface area contributed by atoms with Crippen LogP contribution in [0.5, 0.6) is 0 Å². The van der Waals surface area contributed by atoms with Crippen LogP contribution in [0.2, 0.25) is 5.02 Å². The van der Waals surface area contributed by atoms with Crippen LogP contribution in [0.25, 0.3) is 11.4 Å². The molecule has 1 heterocycles. The number of methoxy groups -OCH3 is 1. The molecule has 33 heavy (non-hydrogen) atoms. The smallest absolute Gasteiger partial charge is 0.321 e. The molecule has 10 heteroatoms. The highest BCUT2D eigenvalue weighted by Crippen LogP contribution is 2.31. The fourth-order valence-corrected chi connectivity index (χ4v) is 4.13. The van der Waals surface area contributed by atoms with Gasteiger partial charge in [0.25, 0.3) is 0 Å². The number of hydrogen-bond donors (Lipinski definition) is 2. The average Bonchev–Trinajstić information content (AvgIpc) is 3.20. The fraction of sp³-hybridized carbons (Fsp3) is 0.304. The molecule has 0 fully saturated rings. The van der Waals surface area contributed by atoms with Gasteiger partial charge in [0.1, 0.15) is 0 Å². The van der Waals surface area contributed by atoms with Crippen LogP contribution >= 0.6 is 23.4 Å². The highest BCUT2D eigenvalue weighted by atomic mass is 35.5. The Morgan fingerprint density at radius 3 is 2.58 bits per heavy atom. The number of nitrogens with zero attached hydrogens (tertiary/aromatic N) is 3. The predicted octanol–water partition coefficient (Wildman–Crippen LogP) is 4.14. The first-order chi connectivity index (χ1) is 16.0. The lowest BCUT2D eigenvalue weighted by atomic mass is 10.2. The van der Waals surface area contributed by atoms with Crippen molar-refractivity contribution >= 4 is 35.3 Å². The number of nitrogens with one attached hydrogen (secondary N) is 2. The summed E-state index contributed by atoms with van der Waals surface area (Å²) in [4.78, 5) is 24.7. The molecule has 3 rings (SSSR count). The van der Waals surface area contributed by atoms with Gasteiger partial charge in [-0.25, -0.2) is 4.79 Å². The quantitative estimate of drug-likeness (QED) is 0.329. The van der Waals surface area contributed by atoms with Gasteiger partial charge in [0.15, 0.2) is 11.0 Å². The molecule has 0 saturated carbocycles. The molecule has 1 unspecified atom stereocenters. The first-order valence-corrected chi connectivity index (χ1v) is 11.7. The molecule has 0 spiro atoms. The first kappa shape index (κ1) is 24.8. The van der Waals surface area contributed by atoms with E-state index in [4.69, 9.17) is 16.3 Å². The summed E-state index contributed by atoms with van der Waals surface area (Å²) in [6, 6.07) is 16.3. The van der Waals surface area contributed by atoms with Crippen LogP contribution in [0.15, 0.2) is 59.8 Å². The Labute approximate surface area is 202 Å². The molecule has 0 radical (unpaired) electrons. The van der Waals surface area contributed by atoms with Gasteiger partial charge in [-0.3, -0.25) is 10.1 Å². The van der Waals surface area contributed by atoms with Gasteiger partial charge in [-0.2, -0.15) is 0 Å². The minimum absolute atomic E-state index is 0.330. The number of benzene rings is 2. The van der Waals surface area contributed by atoms with Crippen LogP contribution in [0.3, 0.4) is 0 Å². The molecule has 2 N–H and O–H groups in total. The number of amides is 3. The molecule has 0 aliphatic carbocycles. The van der Waals surface area contributed by atoms with E-state index in [0.29, 0.717) is 35.7 Å². The zero-order chi connectivity index (χ0) is 23.6. The Morgan fingerprint density at radius 2 is 1.85 bits per heavy atom. The number of halogens is 1. The molecule has 3 aromatic rings. The second kappa shape index (κ2) is 12.4. The number of urea groups is 1. The SMILES string of the molecule is COCCCn1c(SC(C)C(=O)NC(=O)NCc2ccccc2)nnc1-c1ccccc1Cl. The second-order valence-corrected chi connectivity index (χ2v) is 8.92. The molecule has 1 aromatic heterocycles. The van der Waals surface area contributed by atoms with Crippen molar-refractivity contribution in [3.63, 3.8) is 0 Å². The molecular formula is C23H26ClN5O3S. The summed E-state index contributed by atoms with van der Waals surface area (Å²) in [5.41, 5.74) is 1.70. The topological polar surface area (TPSA) is 98.1 Å². The third-order valence-corrected chi connectivity index (χ3v) is 6.16. The first-order valence-electron chi connectivity index (χ1n) is 10.5. The van der Waals surface area contributed by atoms with Crippen molar-refractivity contribution in [3.05, 3.63) is 65.2 Å². The lowest BCUT2D eigenvalue weighted by Gasteiger charge is -2.14. The lowest BCUT2D eigenvalue weighted by Crippen LogP contribution is -2.42. The largest absolute Gasteiger partial charge is 0.385 e. The summed E-state index contributed by atoms with van der Waals surface area (Å²) in [5.74, 6) is 0.198. The Morgan fingerprint density at radius 1 is 1.12 bits per heavy atom. The van der Waals surface area contributed by atoms with Crippen molar-refractivity contribution in [3.8, 4) is 11.4 Å². The monoisotopic (exact) mass is 487 g/mol. The van der Waals surface area contributed by atoms with E-state index in [9.17, 15) is 9.59 Å². The molecular weight excluding hydrogens is 462 g/mol. The van der Waals surface area contributed by atoms with E-state index in [-0.39, 0.29) is 0 Å². The van der Waals surface area contributed by atoms with Crippen LogP contribution in [-0.2, 0) is 22.6 Å². The standard InChI is InChI=1S/C23H26ClN5O3S/c1-16(21(30)26-22(31)25-15-17-9-4-3-5-10-17)33-23-28-27-20(29(23)13-8-14-32-2)18-11-6-7-12-19(18)24/h3-7,9-12,16H,8,13-15H2,1-2H3,(H2,25,26,30,31). The van der Waals surface area contributed by atoms with Gasteiger partial charge in [-0.1, -0.05) is 65.8 Å². The van der Waals surface area contributed by atoms with Crippen molar-refractivity contribution in [1.82, 2.24) is 25.4 Å². The van der Waals surface area contributed by atoms with Gasteiger partial charge in [-0.15, -0.1) is 10.2 Å². The molecule has 2 aromatic carbocycles. The fourth-order valence-electron chi connectivity index (χ4n) is 3.03. The molecule has 3 amide bonds. The number of ether oxygens (including phenoxy) is 1. The lowest BCUT2D eigenvalue weighted by molar-refractivity contribution is -0.119. The predicted molar refractivity (Wildman–Crippen MR) is 129 cm³/mol. The molecule has 0 bridgehead atoms. The van der Waals surface area contributed by atoms with Crippen molar-refractivity contribution in [2.45, 2.75) is 36.8 Å². The molecule has 8 nitrogen and oxygen atoms in total. The minimum atomic E-state index is -0.572. The van der Waals surface area contributed by atoms with Crippen molar-refractivity contribution < 1.29 is 14.3 Å². The van der Waals surface area contributed by atoms with Gasteiger partial charge >= 0.3 is 6.03 Å². The van der Waals surface area contributed by atoms with E-state index in [2.05, 4.69) is 20.8 Å². The van der Waals surface area contributed by atoms with Gasteiger partial charge in [0.05, 0.1) is 10.3 Å². The summed E-state index contributed by atoms with van der Waals surface area (Å²) < 4.78 is 7.09. The second-order valence-electron chi connectivity index (χ2n) is 7.20. The van der Waals surface area contributed by atoms with Crippen LogP contribution in [0, 0.1) is 0 Å². The van der Waals surface area contributed by atoms with Crippen LogP contribution < -0.4 is 10.6 Å².